The minimum atomic E-state index is 0.797. The minimum absolute atomic E-state index is 0.797. The van der Waals surface area contributed by atoms with Crippen molar-refractivity contribution >= 4 is 11.3 Å². The third-order valence-corrected chi connectivity index (χ3v) is 4.32. The fourth-order valence-electron chi connectivity index (χ4n) is 2.20. The molecule has 2 nitrogen and oxygen atoms in total. The number of aryl methyl sites for hydroxylation is 2. The van der Waals surface area contributed by atoms with E-state index in [0.29, 0.717) is 0 Å². The standard InChI is InChI=1S/C13H21NOS/c1-15-8-7-14-10-12-9-11-5-3-2-4-6-13(11)16-12/h9,14H,2-8,10H2,1H3. The van der Waals surface area contributed by atoms with Crippen LogP contribution in [-0.4, -0.2) is 20.3 Å². The van der Waals surface area contributed by atoms with E-state index < -0.39 is 0 Å². The Kier molecular flexibility index (Phi) is 4.82. The van der Waals surface area contributed by atoms with Crippen LogP contribution in [0.15, 0.2) is 6.07 Å². The smallest absolute Gasteiger partial charge is 0.0587 e. The monoisotopic (exact) mass is 239 g/mol. The maximum Gasteiger partial charge on any atom is 0.0587 e. The molecule has 1 heterocycles. The first-order valence-electron chi connectivity index (χ1n) is 6.20. The van der Waals surface area contributed by atoms with E-state index >= 15 is 0 Å². The van der Waals surface area contributed by atoms with Gasteiger partial charge >= 0.3 is 0 Å². The molecule has 1 N–H and O–H groups in total. The third kappa shape index (κ3) is 3.30. The molecule has 3 heteroatoms. The van der Waals surface area contributed by atoms with Gasteiger partial charge in [-0.05, 0) is 37.3 Å². The van der Waals surface area contributed by atoms with Crippen LogP contribution in [0.2, 0.25) is 0 Å². The fourth-order valence-corrected chi connectivity index (χ4v) is 3.43. The molecule has 1 aliphatic carbocycles. The lowest BCUT2D eigenvalue weighted by atomic mass is 10.1. The van der Waals surface area contributed by atoms with E-state index in [-0.39, 0.29) is 0 Å². The summed E-state index contributed by atoms with van der Waals surface area (Å²) in [6, 6.07) is 2.41. The SMILES string of the molecule is COCCNCc1cc2c(s1)CCCCC2. The Morgan fingerprint density at radius 1 is 1.31 bits per heavy atom. The highest BCUT2D eigenvalue weighted by molar-refractivity contribution is 7.12. The van der Waals surface area contributed by atoms with E-state index in [4.69, 9.17) is 4.74 Å². The largest absolute Gasteiger partial charge is 0.383 e. The van der Waals surface area contributed by atoms with Crippen molar-refractivity contribution < 1.29 is 4.74 Å². The molecule has 0 unspecified atom stereocenters. The summed E-state index contributed by atoms with van der Waals surface area (Å²) >= 11 is 2.00. The van der Waals surface area contributed by atoms with Crippen LogP contribution >= 0.6 is 11.3 Å². The number of ether oxygens (including phenoxy) is 1. The Bertz CT molecular complexity index is 298. The Labute approximate surface area is 102 Å². The van der Waals surface area contributed by atoms with Crippen molar-refractivity contribution in [2.24, 2.45) is 0 Å². The summed E-state index contributed by atoms with van der Waals surface area (Å²) in [5, 5.41) is 3.41. The van der Waals surface area contributed by atoms with Gasteiger partial charge in [-0.1, -0.05) is 6.42 Å². The van der Waals surface area contributed by atoms with Crippen LogP contribution in [0.5, 0.6) is 0 Å². The number of methoxy groups -OCH3 is 1. The number of hydrogen-bond donors (Lipinski definition) is 1. The zero-order chi connectivity index (χ0) is 11.2. The van der Waals surface area contributed by atoms with Crippen LogP contribution in [0.25, 0.3) is 0 Å². The van der Waals surface area contributed by atoms with E-state index in [0.717, 1.165) is 19.7 Å². The first-order valence-corrected chi connectivity index (χ1v) is 7.02. The van der Waals surface area contributed by atoms with Crippen molar-refractivity contribution in [1.29, 1.82) is 0 Å². The van der Waals surface area contributed by atoms with Gasteiger partial charge in [-0.15, -0.1) is 11.3 Å². The zero-order valence-electron chi connectivity index (χ0n) is 10.1. The summed E-state index contributed by atoms with van der Waals surface area (Å²) in [4.78, 5) is 3.13. The van der Waals surface area contributed by atoms with E-state index in [9.17, 15) is 0 Å². The predicted molar refractivity (Wildman–Crippen MR) is 69.2 cm³/mol. The lowest BCUT2D eigenvalue weighted by Gasteiger charge is -2.01. The average molecular weight is 239 g/mol. The maximum absolute atomic E-state index is 5.02. The first kappa shape index (κ1) is 12.1. The molecular weight excluding hydrogens is 218 g/mol. The van der Waals surface area contributed by atoms with Gasteiger partial charge in [-0.2, -0.15) is 0 Å². The Hall–Kier alpha value is -0.380. The molecule has 0 saturated carbocycles. The van der Waals surface area contributed by atoms with Crippen molar-refractivity contribution in [3.8, 4) is 0 Å². The molecule has 1 aliphatic rings. The van der Waals surface area contributed by atoms with Crippen LogP contribution in [0.1, 0.15) is 34.6 Å². The van der Waals surface area contributed by atoms with E-state index in [1.54, 1.807) is 17.6 Å². The van der Waals surface area contributed by atoms with Gasteiger partial charge < -0.3 is 10.1 Å². The Balaban J connectivity index is 1.86. The normalized spacial score (nSPS) is 15.8. The van der Waals surface area contributed by atoms with Crippen LogP contribution in [0.3, 0.4) is 0 Å². The second-order valence-corrected chi connectivity index (χ2v) is 5.61. The number of fused-ring (bicyclic) bond motifs is 1. The molecule has 0 spiro atoms. The zero-order valence-corrected chi connectivity index (χ0v) is 10.9. The topological polar surface area (TPSA) is 21.3 Å². The molecule has 0 fully saturated rings. The van der Waals surface area contributed by atoms with Crippen molar-refractivity contribution in [3.63, 3.8) is 0 Å². The molecule has 0 saturated heterocycles. The van der Waals surface area contributed by atoms with Gasteiger partial charge in [0.1, 0.15) is 0 Å². The minimum Gasteiger partial charge on any atom is -0.383 e. The molecule has 90 valence electrons. The van der Waals surface area contributed by atoms with Crippen molar-refractivity contribution in [2.45, 2.75) is 38.6 Å². The van der Waals surface area contributed by atoms with E-state index in [1.165, 1.54) is 37.0 Å². The number of nitrogens with one attached hydrogen (secondary N) is 1. The number of rotatable bonds is 5. The highest BCUT2D eigenvalue weighted by Gasteiger charge is 2.11. The van der Waals surface area contributed by atoms with Crippen LogP contribution in [0, 0.1) is 0 Å². The summed E-state index contributed by atoms with van der Waals surface area (Å²) in [5.41, 5.74) is 1.62. The van der Waals surface area contributed by atoms with Crippen molar-refractivity contribution in [2.75, 3.05) is 20.3 Å². The van der Waals surface area contributed by atoms with Gasteiger partial charge in [0, 0.05) is 30.0 Å². The third-order valence-electron chi connectivity index (χ3n) is 3.08. The van der Waals surface area contributed by atoms with Gasteiger partial charge in [-0.25, -0.2) is 0 Å². The molecule has 0 aliphatic heterocycles. The van der Waals surface area contributed by atoms with E-state index in [2.05, 4.69) is 11.4 Å². The fraction of sp³-hybridized carbons (Fsp3) is 0.692. The maximum atomic E-state index is 5.02. The lowest BCUT2D eigenvalue weighted by Crippen LogP contribution is -2.17. The highest BCUT2D eigenvalue weighted by atomic mass is 32.1. The second-order valence-electron chi connectivity index (χ2n) is 4.39. The first-order chi connectivity index (χ1) is 7.90. The molecule has 1 aromatic rings. The Morgan fingerprint density at radius 3 is 3.06 bits per heavy atom. The average Bonchev–Trinajstić information content (AvgIpc) is 2.55. The molecule has 1 aromatic heterocycles. The van der Waals surface area contributed by atoms with Gasteiger partial charge in [0.15, 0.2) is 0 Å². The molecule has 16 heavy (non-hydrogen) atoms. The van der Waals surface area contributed by atoms with E-state index in [1.807, 2.05) is 11.3 Å². The molecule has 0 radical (unpaired) electrons. The van der Waals surface area contributed by atoms with Gasteiger partial charge in [0.2, 0.25) is 0 Å². The summed E-state index contributed by atoms with van der Waals surface area (Å²) in [5.74, 6) is 0. The Morgan fingerprint density at radius 2 is 2.19 bits per heavy atom. The quantitative estimate of drug-likeness (QED) is 0.630. The second kappa shape index (κ2) is 6.38. The summed E-state index contributed by atoms with van der Waals surface area (Å²) in [6.07, 6.45) is 6.76. The molecule has 2 rings (SSSR count). The van der Waals surface area contributed by atoms with Crippen molar-refractivity contribution in [3.05, 3.63) is 21.4 Å². The van der Waals surface area contributed by atoms with Gasteiger partial charge in [-0.3, -0.25) is 0 Å². The molecular formula is C13H21NOS. The number of hydrogen-bond acceptors (Lipinski definition) is 3. The van der Waals surface area contributed by atoms with Crippen LogP contribution < -0.4 is 5.32 Å². The molecule has 0 atom stereocenters. The van der Waals surface area contributed by atoms with Gasteiger partial charge in [0.25, 0.3) is 0 Å². The van der Waals surface area contributed by atoms with Crippen LogP contribution in [-0.2, 0) is 24.1 Å². The molecule has 0 amide bonds. The molecule has 0 bridgehead atoms. The summed E-state index contributed by atoms with van der Waals surface area (Å²) in [7, 11) is 1.75. The predicted octanol–water partition coefficient (Wildman–Crippen LogP) is 2.75. The number of thiophene rings is 1. The summed E-state index contributed by atoms with van der Waals surface area (Å²) < 4.78 is 5.02. The highest BCUT2D eigenvalue weighted by Crippen LogP contribution is 2.28. The molecule has 0 aromatic carbocycles. The summed E-state index contributed by atoms with van der Waals surface area (Å²) in [6.45, 7) is 2.74. The lowest BCUT2D eigenvalue weighted by molar-refractivity contribution is 0.199. The van der Waals surface area contributed by atoms with Crippen molar-refractivity contribution in [1.82, 2.24) is 5.32 Å². The van der Waals surface area contributed by atoms with Crippen LogP contribution in [0.4, 0.5) is 0 Å². The van der Waals surface area contributed by atoms with Gasteiger partial charge in [0.05, 0.1) is 6.61 Å².